The summed E-state index contributed by atoms with van der Waals surface area (Å²) < 4.78 is 0. The summed E-state index contributed by atoms with van der Waals surface area (Å²) in [6.45, 7) is 2.14. The van der Waals surface area contributed by atoms with Crippen molar-refractivity contribution in [3.05, 3.63) is 36.2 Å². The highest BCUT2D eigenvalue weighted by molar-refractivity contribution is 5.89. The first-order valence-electron chi connectivity index (χ1n) is 6.77. The Labute approximate surface area is 117 Å². The highest BCUT2D eigenvalue weighted by atomic mass is 16.1. The number of fused-ring (bicyclic) bond motifs is 1. The van der Waals surface area contributed by atoms with Gasteiger partial charge in [0.15, 0.2) is 0 Å². The van der Waals surface area contributed by atoms with Gasteiger partial charge < -0.3 is 9.69 Å². The van der Waals surface area contributed by atoms with Gasteiger partial charge in [-0.05, 0) is 49.4 Å². The van der Waals surface area contributed by atoms with Gasteiger partial charge >= 0.3 is 0 Å². The lowest BCUT2D eigenvalue weighted by atomic mass is 10.1. The lowest BCUT2D eigenvalue weighted by molar-refractivity contribution is -0.108. The van der Waals surface area contributed by atoms with Crippen molar-refractivity contribution in [1.82, 2.24) is 4.98 Å². The van der Waals surface area contributed by atoms with E-state index in [2.05, 4.69) is 22.9 Å². The molecule has 1 saturated heterocycles. The number of carbonyl (C=O) groups excluding carboxylic acids is 1. The fourth-order valence-corrected chi connectivity index (χ4v) is 3.01. The van der Waals surface area contributed by atoms with E-state index >= 15 is 0 Å². The average molecular weight is 265 g/mol. The topological polar surface area (TPSA) is 57.0 Å². The Morgan fingerprint density at radius 1 is 1.40 bits per heavy atom. The largest absolute Gasteiger partial charge is 0.359 e. The minimum atomic E-state index is -0.0419. The molecule has 0 spiro atoms. The van der Waals surface area contributed by atoms with Crippen molar-refractivity contribution >= 4 is 22.7 Å². The van der Waals surface area contributed by atoms with E-state index in [1.54, 1.807) is 6.20 Å². The van der Waals surface area contributed by atoms with Crippen LogP contribution in [0, 0.1) is 11.3 Å². The molecule has 1 aliphatic heterocycles. The predicted molar refractivity (Wildman–Crippen MR) is 77.5 cm³/mol. The smallest absolute Gasteiger partial charge is 0.148 e. The van der Waals surface area contributed by atoms with E-state index in [0.29, 0.717) is 11.7 Å². The molecule has 1 fully saturated rings. The van der Waals surface area contributed by atoms with Crippen LogP contribution in [-0.2, 0) is 4.79 Å². The molecule has 0 amide bonds. The van der Waals surface area contributed by atoms with Crippen LogP contribution in [0.15, 0.2) is 30.5 Å². The normalized spacial score (nSPS) is 21.9. The van der Waals surface area contributed by atoms with Gasteiger partial charge in [-0.15, -0.1) is 0 Å². The van der Waals surface area contributed by atoms with Crippen molar-refractivity contribution < 1.29 is 4.79 Å². The van der Waals surface area contributed by atoms with Gasteiger partial charge in [0.1, 0.15) is 18.0 Å². The SMILES string of the molecule is C[C@@H]1CC[C@H](C=O)N1c1ccc2c(C#N)nccc2c1. The van der Waals surface area contributed by atoms with Gasteiger partial charge in [-0.25, -0.2) is 4.98 Å². The molecule has 0 saturated carbocycles. The molecular weight excluding hydrogens is 250 g/mol. The molecule has 20 heavy (non-hydrogen) atoms. The van der Waals surface area contributed by atoms with Crippen LogP contribution in [0.5, 0.6) is 0 Å². The van der Waals surface area contributed by atoms with Crippen LogP contribution in [0.2, 0.25) is 0 Å². The van der Waals surface area contributed by atoms with Gasteiger partial charge in [0.05, 0.1) is 6.04 Å². The summed E-state index contributed by atoms with van der Waals surface area (Å²) in [5.74, 6) is 0. The second kappa shape index (κ2) is 4.93. The van der Waals surface area contributed by atoms with Crippen LogP contribution in [0.25, 0.3) is 10.8 Å². The molecule has 0 N–H and O–H groups in total. The Hall–Kier alpha value is -2.41. The van der Waals surface area contributed by atoms with Crippen molar-refractivity contribution in [1.29, 1.82) is 5.26 Å². The number of carbonyl (C=O) groups is 1. The minimum Gasteiger partial charge on any atom is -0.359 e. The Morgan fingerprint density at radius 2 is 2.25 bits per heavy atom. The number of hydrogen-bond donors (Lipinski definition) is 0. The average Bonchev–Trinajstić information content (AvgIpc) is 2.86. The highest BCUT2D eigenvalue weighted by Gasteiger charge is 2.30. The fourth-order valence-electron chi connectivity index (χ4n) is 3.01. The van der Waals surface area contributed by atoms with Gasteiger partial charge in [0.2, 0.25) is 0 Å². The summed E-state index contributed by atoms with van der Waals surface area (Å²) in [4.78, 5) is 17.4. The number of anilines is 1. The summed E-state index contributed by atoms with van der Waals surface area (Å²) in [7, 11) is 0. The predicted octanol–water partition coefficient (Wildman–Crippen LogP) is 2.66. The quantitative estimate of drug-likeness (QED) is 0.783. The van der Waals surface area contributed by atoms with E-state index in [1.165, 1.54) is 0 Å². The molecule has 0 bridgehead atoms. The molecule has 2 atom stereocenters. The number of nitrogens with zero attached hydrogens (tertiary/aromatic N) is 3. The molecule has 3 rings (SSSR count). The zero-order valence-corrected chi connectivity index (χ0v) is 11.3. The van der Waals surface area contributed by atoms with Crippen molar-refractivity contribution in [2.24, 2.45) is 0 Å². The Morgan fingerprint density at radius 3 is 3.00 bits per heavy atom. The Kier molecular flexibility index (Phi) is 3.11. The van der Waals surface area contributed by atoms with Gasteiger partial charge in [-0.2, -0.15) is 5.26 Å². The van der Waals surface area contributed by atoms with Crippen LogP contribution in [0.1, 0.15) is 25.5 Å². The zero-order valence-electron chi connectivity index (χ0n) is 11.3. The van der Waals surface area contributed by atoms with Gasteiger partial charge in [0, 0.05) is 23.3 Å². The molecular formula is C16H15N3O. The maximum atomic E-state index is 11.2. The summed E-state index contributed by atoms with van der Waals surface area (Å²) in [5, 5.41) is 10.9. The molecule has 100 valence electrons. The molecule has 0 aliphatic carbocycles. The number of rotatable bonds is 2. The van der Waals surface area contributed by atoms with Crippen LogP contribution < -0.4 is 4.90 Å². The third kappa shape index (κ3) is 1.92. The molecule has 1 aromatic heterocycles. The van der Waals surface area contributed by atoms with E-state index in [4.69, 9.17) is 5.26 Å². The molecule has 1 aliphatic rings. The maximum Gasteiger partial charge on any atom is 0.148 e. The van der Waals surface area contributed by atoms with E-state index in [0.717, 1.165) is 35.6 Å². The Bertz CT molecular complexity index is 704. The molecule has 0 unspecified atom stereocenters. The van der Waals surface area contributed by atoms with E-state index in [1.807, 2.05) is 24.3 Å². The maximum absolute atomic E-state index is 11.2. The monoisotopic (exact) mass is 265 g/mol. The number of aromatic nitrogens is 1. The first-order valence-corrected chi connectivity index (χ1v) is 6.77. The molecule has 2 heterocycles. The first kappa shape index (κ1) is 12.6. The first-order chi connectivity index (χ1) is 9.74. The van der Waals surface area contributed by atoms with E-state index in [9.17, 15) is 4.79 Å². The fraction of sp³-hybridized carbons (Fsp3) is 0.312. The summed E-state index contributed by atoms with van der Waals surface area (Å²) in [6.07, 6.45) is 4.61. The molecule has 4 nitrogen and oxygen atoms in total. The summed E-state index contributed by atoms with van der Waals surface area (Å²) in [6, 6.07) is 10.3. The molecule has 2 aromatic rings. The van der Waals surface area contributed by atoms with Crippen molar-refractivity contribution in [2.75, 3.05) is 4.90 Å². The zero-order chi connectivity index (χ0) is 14.1. The second-order valence-corrected chi connectivity index (χ2v) is 5.21. The Balaban J connectivity index is 2.10. The van der Waals surface area contributed by atoms with E-state index < -0.39 is 0 Å². The number of pyridine rings is 1. The van der Waals surface area contributed by atoms with Crippen LogP contribution in [0.4, 0.5) is 5.69 Å². The van der Waals surface area contributed by atoms with Crippen molar-refractivity contribution in [3.63, 3.8) is 0 Å². The molecule has 0 radical (unpaired) electrons. The van der Waals surface area contributed by atoms with Crippen LogP contribution in [-0.4, -0.2) is 23.4 Å². The van der Waals surface area contributed by atoms with Gasteiger partial charge in [0.25, 0.3) is 0 Å². The van der Waals surface area contributed by atoms with Crippen molar-refractivity contribution in [3.8, 4) is 6.07 Å². The second-order valence-electron chi connectivity index (χ2n) is 5.21. The summed E-state index contributed by atoms with van der Waals surface area (Å²) in [5.41, 5.74) is 1.48. The standard InChI is InChI=1S/C16H15N3O/c1-11-2-3-14(10-20)19(11)13-4-5-15-12(8-13)6-7-18-16(15)9-17/h4-8,10-11,14H,2-3H2,1H3/t11-,14-/m1/s1. The number of benzene rings is 1. The molecule has 4 heteroatoms. The molecule has 1 aromatic carbocycles. The minimum absolute atomic E-state index is 0.0419. The number of hydrogen-bond acceptors (Lipinski definition) is 4. The third-order valence-corrected chi connectivity index (χ3v) is 4.02. The van der Waals surface area contributed by atoms with Gasteiger partial charge in [-0.1, -0.05) is 0 Å². The van der Waals surface area contributed by atoms with Crippen molar-refractivity contribution in [2.45, 2.75) is 31.8 Å². The van der Waals surface area contributed by atoms with Gasteiger partial charge in [-0.3, -0.25) is 0 Å². The lowest BCUT2D eigenvalue weighted by Gasteiger charge is -2.28. The highest BCUT2D eigenvalue weighted by Crippen LogP contribution is 2.32. The van der Waals surface area contributed by atoms with Crippen LogP contribution >= 0.6 is 0 Å². The summed E-state index contributed by atoms with van der Waals surface area (Å²) >= 11 is 0. The van der Waals surface area contributed by atoms with Crippen LogP contribution in [0.3, 0.4) is 0 Å². The van der Waals surface area contributed by atoms with E-state index in [-0.39, 0.29) is 6.04 Å². The third-order valence-electron chi connectivity index (χ3n) is 4.02. The number of aldehydes is 1. The number of nitriles is 1. The lowest BCUT2D eigenvalue weighted by Crippen LogP contribution is -2.35.